The fourth-order valence-corrected chi connectivity index (χ4v) is 3.55. The molecular formula is C19H21F3N2O4S. The van der Waals surface area contributed by atoms with E-state index in [-0.39, 0.29) is 35.7 Å². The number of ether oxygens (including phenoxy) is 1. The van der Waals surface area contributed by atoms with Crippen LogP contribution in [0, 0.1) is 6.92 Å². The van der Waals surface area contributed by atoms with Gasteiger partial charge < -0.3 is 10.1 Å². The van der Waals surface area contributed by atoms with Gasteiger partial charge in [0.25, 0.3) is 5.91 Å². The van der Waals surface area contributed by atoms with Crippen LogP contribution in [0.25, 0.3) is 0 Å². The van der Waals surface area contributed by atoms with E-state index in [1.807, 2.05) is 0 Å². The molecule has 0 saturated heterocycles. The van der Waals surface area contributed by atoms with Crippen LogP contribution >= 0.6 is 0 Å². The molecule has 0 heterocycles. The number of aryl methyl sites for hydroxylation is 1. The summed E-state index contributed by atoms with van der Waals surface area (Å²) >= 11 is 0. The van der Waals surface area contributed by atoms with Crippen molar-refractivity contribution in [2.45, 2.75) is 24.5 Å². The van der Waals surface area contributed by atoms with Crippen LogP contribution in [0.5, 0.6) is 0 Å². The summed E-state index contributed by atoms with van der Waals surface area (Å²) in [7, 11) is -2.39. The Balaban J connectivity index is 2.15. The van der Waals surface area contributed by atoms with Crippen molar-refractivity contribution in [1.29, 1.82) is 0 Å². The van der Waals surface area contributed by atoms with Gasteiger partial charge in [-0.2, -0.15) is 13.2 Å². The van der Waals surface area contributed by atoms with Gasteiger partial charge in [-0.25, -0.2) is 13.1 Å². The van der Waals surface area contributed by atoms with E-state index in [2.05, 4.69) is 10.0 Å². The van der Waals surface area contributed by atoms with Gasteiger partial charge in [0.1, 0.15) is 0 Å². The van der Waals surface area contributed by atoms with Crippen LogP contribution < -0.4 is 10.0 Å². The van der Waals surface area contributed by atoms with Crippen LogP contribution in [-0.2, 0) is 27.5 Å². The Morgan fingerprint density at radius 3 is 2.52 bits per heavy atom. The molecular weight excluding hydrogens is 409 g/mol. The van der Waals surface area contributed by atoms with Gasteiger partial charge in [0.05, 0.1) is 17.1 Å². The predicted octanol–water partition coefficient (Wildman–Crippen LogP) is 2.87. The average molecular weight is 430 g/mol. The molecule has 0 unspecified atom stereocenters. The van der Waals surface area contributed by atoms with Crippen LogP contribution in [0.15, 0.2) is 47.4 Å². The number of rotatable bonds is 8. The Kier molecular flexibility index (Phi) is 7.39. The van der Waals surface area contributed by atoms with Gasteiger partial charge in [0.15, 0.2) is 0 Å². The Morgan fingerprint density at radius 1 is 1.14 bits per heavy atom. The number of halogens is 3. The molecule has 2 N–H and O–H groups in total. The molecule has 0 radical (unpaired) electrons. The first-order chi connectivity index (χ1) is 13.5. The summed E-state index contributed by atoms with van der Waals surface area (Å²) in [5, 5.41) is 2.52. The smallest absolute Gasteiger partial charge is 0.383 e. The van der Waals surface area contributed by atoms with Crippen LogP contribution in [0.3, 0.4) is 0 Å². The van der Waals surface area contributed by atoms with Crippen molar-refractivity contribution >= 4 is 15.9 Å². The average Bonchev–Trinajstić information content (AvgIpc) is 2.66. The van der Waals surface area contributed by atoms with Gasteiger partial charge in [-0.3, -0.25) is 4.79 Å². The lowest BCUT2D eigenvalue weighted by molar-refractivity contribution is -0.137. The first-order valence-electron chi connectivity index (χ1n) is 8.58. The molecule has 0 fully saturated rings. The maximum atomic E-state index is 12.8. The molecule has 0 saturated carbocycles. The summed E-state index contributed by atoms with van der Waals surface area (Å²) in [5.74, 6) is -0.589. The molecule has 0 bridgehead atoms. The SMILES string of the molecule is COCCNS(=O)(=O)c1ccc(C)c(C(=O)NCc2cccc(C(F)(F)F)c2)c1. The van der Waals surface area contributed by atoms with Gasteiger partial charge >= 0.3 is 6.18 Å². The van der Waals surface area contributed by atoms with E-state index in [1.54, 1.807) is 6.92 Å². The highest BCUT2D eigenvalue weighted by Crippen LogP contribution is 2.29. The van der Waals surface area contributed by atoms with Crippen molar-refractivity contribution in [2.24, 2.45) is 0 Å². The second-order valence-corrected chi connectivity index (χ2v) is 8.02. The van der Waals surface area contributed by atoms with E-state index in [9.17, 15) is 26.4 Å². The first-order valence-corrected chi connectivity index (χ1v) is 10.1. The van der Waals surface area contributed by atoms with E-state index < -0.39 is 27.7 Å². The number of hydrogen-bond acceptors (Lipinski definition) is 4. The van der Waals surface area contributed by atoms with Gasteiger partial charge in [-0.15, -0.1) is 0 Å². The Morgan fingerprint density at radius 2 is 1.86 bits per heavy atom. The second kappa shape index (κ2) is 9.38. The highest BCUT2D eigenvalue weighted by atomic mass is 32.2. The highest BCUT2D eigenvalue weighted by Gasteiger charge is 2.30. The zero-order chi connectivity index (χ0) is 21.7. The minimum Gasteiger partial charge on any atom is -0.383 e. The predicted molar refractivity (Wildman–Crippen MR) is 101 cm³/mol. The van der Waals surface area contributed by atoms with E-state index in [4.69, 9.17) is 4.74 Å². The van der Waals surface area contributed by atoms with Crippen LogP contribution in [0.1, 0.15) is 27.0 Å². The normalized spacial score (nSPS) is 12.0. The molecule has 0 aliphatic carbocycles. The van der Waals surface area contributed by atoms with Crippen LogP contribution in [-0.4, -0.2) is 34.6 Å². The molecule has 0 aliphatic heterocycles. The summed E-state index contributed by atoms with van der Waals surface area (Å²) in [6, 6.07) is 8.70. The van der Waals surface area contributed by atoms with Crippen LogP contribution in [0.4, 0.5) is 13.2 Å². The summed E-state index contributed by atoms with van der Waals surface area (Å²) < 4.78 is 70.1. The maximum Gasteiger partial charge on any atom is 0.416 e. The number of carbonyl (C=O) groups is 1. The minimum absolute atomic E-state index is 0.0732. The van der Waals surface area contributed by atoms with Crippen molar-refractivity contribution in [3.63, 3.8) is 0 Å². The summed E-state index contributed by atoms with van der Waals surface area (Å²) in [5.41, 5.74) is 0.112. The monoisotopic (exact) mass is 430 g/mol. The molecule has 6 nitrogen and oxygen atoms in total. The van der Waals surface area contributed by atoms with Crippen molar-refractivity contribution in [3.05, 3.63) is 64.7 Å². The summed E-state index contributed by atoms with van der Waals surface area (Å²) in [6.45, 7) is 1.76. The first kappa shape index (κ1) is 22.9. The molecule has 2 aromatic rings. The van der Waals surface area contributed by atoms with Crippen molar-refractivity contribution < 1.29 is 31.1 Å². The lowest BCUT2D eigenvalue weighted by Crippen LogP contribution is -2.28. The quantitative estimate of drug-likeness (QED) is 0.631. The van der Waals surface area contributed by atoms with Crippen molar-refractivity contribution in [2.75, 3.05) is 20.3 Å². The van der Waals surface area contributed by atoms with Gasteiger partial charge in [0.2, 0.25) is 10.0 Å². The third kappa shape index (κ3) is 6.28. The molecule has 2 aromatic carbocycles. The topological polar surface area (TPSA) is 84.5 Å². The Hall–Kier alpha value is -2.43. The van der Waals surface area contributed by atoms with Crippen LogP contribution in [0.2, 0.25) is 0 Å². The standard InChI is InChI=1S/C19H21F3N2O4S/c1-13-6-7-16(29(26,27)24-8-9-28-2)11-17(13)18(25)23-12-14-4-3-5-15(10-14)19(20,21)22/h3-7,10-11,24H,8-9,12H2,1-2H3,(H,23,25). The fraction of sp³-hybridized carbons (Fsp3) is 0.316. The Bertz CT molecular complexity index is 976. The molecule has 158 valence electrons. The molecule has 0 aliphatic rings. The van der Waals surface area contributed by atoms with Gasteiger partial charge in [-0.05, 0) is 42.3 Å². The van der Waals surface area contributed by atoms with Gasteiger partial charge in [0, 0.05) is 25.8 Å². The number of alkyl halides is 3. The molecule has 2 rings (SSSR count). The fourth-order valence-electron chi connectivity index (χ4n) is 2.51. The molecule has 0 aromatic heterocycles. The summed E-state index contributed by atoms with van der Waals surface area (Å²) in [6.07, 6.45) is -4.48. The number of amides is 1. The number of benzene rings is 2. The zero-order valence-electron chi connectivity index (χ0n) is 15.8. The lowest BCUT2D eigenvalue weighted by Gasteiger charge is -2.12. The summed E-state index contributed by atoms with van der Waals surface area (Å²) in [4.78, 5) is 12.4. The number of carbonyl (C=O) groups excluding carboxylic acids is 1. The minimum atomic E-state index is -4.48. The van der Waals surface area contributed by atoms with E-state index >= 15 is 0 Å². The maximum absolute atomic E-state index is 12.8. The largest absolute Gasteiger partial charge is 0.416 e. The number of sulfonamides is 1. The lowest BCUT2D eigenvalue weighted by atomic mass is 10.1. The number of hydrogen-bond donors (Lipinski definition) is 2. The highest BCUT2D eigenvalue weighted by molar-refractivity contribution is 7.89. The molecule has 29 heavy (non-hydrogen) atoms. The van der Waals surface area contributed by atoms with Gasteiger partial charge in [-0.1, -0.05) is 18.2 Å². The molecule has 0 spiro atoms. The molecule has 10 heteroatoms. The van der Waals surface area contributed by atoms with Crippen molar-refractivity contribution in [1.82, 2.24) is 10.0 Å². The van der Waals surface area contributed by atoms with E-state index in [1.165, 1.54) is 37.4 Å². The van der Waals surface area contributed by atoms with E-state index in [0.717, 1.165) is 12.1 Å². The zero-order valence-corrected chi connectivity index (χ0v) is 16.7. The van der Waals surface area contributed by atoms with Crippen molar-refractivity contribution in [3.8, 4) is 0 Å². The number of methoxy groups -OCH3 is 1. The molecule has 0 atom stereocenters. The Labute approximate surface area is 167 Å². The number of nitrogens with one attached hydrogen (secondary N) is 2. The third-order valence-corrected chi connectivity index (χ3v) is 5.53. The van der Waals surface area contributed by atoms with E-state index in [0.29, 0.717) is 5.56 Å². The third-order valence-electron chi connectivity index (χ3n) is 4.07. The molecule has 1 amide bonds. The second-order valence-electron chi connectivity index (χ2n) is 6.25.